The van der Waals surface area contributed by atoms with E-state index in [0.717, 1.165) is 49.9 Å². The van der Waals surface area contributed by atoms with E-state index in [1.807, 2.05) is 0 Å². The molecule has 0 saturated carbocycles. The second-order valence-corrected chi connectivity index (χ2v) is 11.4. The van der Waals surface area contributed by atoms with Crippen molar-refractivity contribution >= 4 is 31.5 Å². The highest BCUT2D eigenvalue weighted by atomic mass is 32.2. The van der Waals surface area contributed by atoms with Gasteiger partial charge in [0, 0.05) is 24.3 Å². The fourth-order valence-corrected chi connectivity index (χ4v) is 5.97. The lowest BCUT2D eigenvalue weighted by molar-refractivity contribution is 0.102. The molecule has 32 heavy (non-hydrogen) atoms. The van der Waals surface area contributed by atoms with Crippen molar-refractivity contribution in [1.29, 1.82) is 0 Å². The molecule has 0 bridgehead atoms. The minimum absolute atomic E-state index is 0.0377. The van der Waals surface area contributed by atoms with Crippen LogP contribution in [0, 0.1) is 6.92 Å². The fraction of sp³-hybridized carbons (Fsp3) is 0.381. The van der Waals surface area contributed by atoms with Gasteiger partial charge >= 0.3 is 5.76 Å². The summed E-state index contributed by atoms with van der Waals surface area (Å²) in [4.78, 5) is 12.0. The van der Waals surface area contributed by atoms with E-state index in [1.165, 1.54) is 10.4 Å². The Morgan fingerprint density at radius 2 is 1.53 bits per heavy atom. The van der Waals surface area contributed by atoms with E-state index in [1.54, 1.807) is 19.1 Å². The summed E-state index contributed by atoms with van der Waals surface area (Å²) in [6, 6.07) is 8.65. The van der Waals surface area contributed by atoms with Gasteiger partial charge in [0.2, 0.25) is 19.9 Å². The number of nitrogens with one attached hydrogen (secondary N) is 1. The molecule has 0 spiro atoms. The topological polar surface area (TPSA) is 101 Å². The third-order valence-corrected chi connectivity index (χ3v) is 8.75. The number of alkyl halides is 2. The van der Waals surface area contributed by atoms with Crippen molar-refractivity contribution in [3.63, 3.8) is 0 Å². The van der Waals surface area contributed by atoms with Crippen LogP contribution in [0.3, 0.4) is 0 Å². The van der Waals surface area contributed by atoms with Crippen LogP contribution in [-0.2, 0) is 19.9 Å². The SMILES string of the molecule is Cc1ccc(NC(=O)c2ccc(S(=O)(=O)C(F)F)cc2)cc1S(=O)(=O)N1CCCCCC1. The highest BCUT2D eigenvalue weighted by Gasteiger charge is 2.28. The number of carbonyl (C=O) groups is 1. The van der Waals surface area contributed by atoms with Crippen LogP contribution in [0.25, 0.3) is 0 Å². The Labute approximate surface area is 186 Å². The minimum atomic E-state index is -4.75. The molecule has 0 radical (unpaired) electrons. The summed E-state index contributed by atoms with van der Waals surface area (Å²) in [5.41, 5.74) is 0.836. The van der Waals surface area contributed by atoms with Crippen LogP contribution in [0.2, 0.25) is 0 Å². The summed E-state index contributed by atoms with van der Waals surface area (Å²) in [7, 11) is -8.48. The molecule has 11 heteroatoms. The molecule has 7 nitrogen and oxygen atoms in total. The smallest absolute Gasteiger partial charge is 0.322 e. The lowest BCUT2D eigenvalue weighted by atomic mass is 10.2. The monoisotopic (exact) mass is 486 g/mol. The maximum absolute atomic E-state index is 13.2. The number of sulfone groups is 1. The first-order valence-electron chi connectivity index (χ1n) is 10.1. The van der Waals surface area contributed by atoms with E-state index in [0.29, 0.717) is 18.7 Å². The molecule has 0 unspecified atom stereocenters. The van der Waals surface area contributed by atoms with Crippen LogP contribution in [0.1, 0.15) is 41.6 Å². The van der Waals surface area contributed by atoms with Gasteiger partial charge < -0.3 is 5.32 Å². The molecule has 0 atom stereocenters. The van der Waals surface area contributed by atoms with E-state index in [9.17, 15) is 30.4 Å². The normalized spacial score (nSPS) is 16.0. The minimum Gasteiger partial charge on any atom is -0.322 e. The number of hydrogen-bond acceptors (Lipinski definition) is 5. The molecule has 1 fully saturated rings. The number of hydrogen-bond donors (Lipinski definition) is 1. The number of nitrogens with zero attached hydrogens (tertiary/aromatic N) is 1. The Bertz CT molecular complexity index is 1190. The van der Waals surface area contributed by atoms with Crippen molar-refractivity contribution in [1.82, 2.24) is 4.31 Å². The molecule has 1 aliphatic rings. The summed E-state index contributed by atoms with van der Waals surface area (Å²) in [5.74, 6) is -4.19. The molecular formula is C21H24F2N2O5S2. The molecule has 2 aromatic carbocycles. The lowest BCUT2D eigenvalue weighted by Crippen LogP contribution is -2.32. The van der Waals surface area contributed by atoms with Gasteiger partial charge in [0.25, 0.3) is 5.91 Å². The van der Waals surface area contributed by atoms with Gasteiger partial charge in [0.05, 0.1) is 9.79 Å². The van der Waals surface area contributed by atoms with E-state index < -0.39 is 36.4 Å². The van der Waals surface area contributed by atoms with E-state index in [2.05, 4.69) is 5.32 Å². The van der Waals surface area contributed by atoms with Crippen molar-refractivity contribution in [2.45, 2.75) is 48.2 Å². The zero-order chi connectivity index (χ0) is 23.5. The fourth-order valence-electron chi connectivity index (χ4n) is 3.48. The Morgan fingerprint density at radius 1 is 0.938 bits per heavy atom. The maximum atomic E-state index is 13.2. The molecule has 1 heterocycles. The van der Waals surface area contributed by atoms with E-state index >= 15 is 0 Å². The zero-order valence-electron chi connectivity index (χ0n) is 17.4. The molecule has 2 aromatic rings. The molecule has 0 aliphatic carbocycles. The van der Waals surface area contributed by atoms with Gasteiger partial charge in [-0.05, 0) is 61.7 Å². The number of sulfonamides is 1. The van der Waals surface area contributed by atoms with Gasteiger partial charge in [-0.15, -0.1) is 0 Å². The van der Waals surface area contributed by atoms with Crippen molar-refractivity contribution < 1.29 is 30.4 Å². The molecular weight excluding hydrogens is 462 g/mol. The summed E-state index contributed by atoms with van der Waals surface area (Å²) < 4.78 is 76.1. The second-order valence-electron chi connectivity index (χ2n) is 7.58. The van der Waals surface area contributed by atoms with Gasteiger partial charge in [-0.2, -0.15) is 13.1 Å². The van der Waals surface area contributed by atoms with E-state index in [-0.39, 0.29) is 16.1 Å². The van der Waals surface area contributed by atoms with Gasteiger partial charge in [-0.1, -0.05) is 18.9 Å². The van der Waals surface area contributed by atoms with Crippen LogP contribution in [0.5, 0.6) is 0 Å². The van der Waals surface area contributed by atoms with E-state index in [4.69, 9.17) is 0 Å². The largest absolute Gasteiger partial charge is 0.341 e. The van der Waals surface area contributed by atoms with Gasteiger partial charge in [0.15, 0.2) is 0 Å². The first kappa shape index (κ1) is 24.3. The third kappa shape index (κ3) is 5.16. The van der Waals surface area contributed by atoms with Crippen LogP contribution in [0.15, 0.2) is 52.3 Å². The number of rotatable bonds is 6. The molecule has 1 aliphatic heterocycles. The summed E-state index contributed by atoms with van der Waals surface area (Å²) in [6.07, 6.45) is 3.56. The molecule has 1 amide bonds. The predicted molar refractivity (Wildman–Crippen MR) is 116 cm³/mol. The average molecular weight is 487 g/mol. The summed E-state index contributed by atoms with van der Waals surface area (Å²) in [6.45, 7) is 2.58. The molecule has 0 aromatic heterocycles. The highest BCUT2D eigenvalue weighted by molar-refractivity contribution is 7.91. The highest BCUT2D eigenvalue weighted by Crippen LogP contribution is 2.26. The third-order valence-electron chi connectivity index (χ3n) is 5.31. The van der Waals surface area contributed by atoms with Gasteiger partial charge in [-0.25, -0.2) is 16.8 Å². The van der Waals surface area contributed by atoms with Crippen LogP contribution in [-0.4, -0.2) is 45.9 Å². The predicted octanol–water partition coefficient (Wildman–Crippen LogP) is 3.81. The van der Waals surface area contributed by atoms with Crippen molar-refractivity contribution in [3.05, 3.63) is 53.6 Å². The molecule has 3 rings (SSSR count). The first-order chi connectivity index (χ1) is 15.0. The Kier molecular flexibility index (Phi) is 7.31. The molecule has 1 N–H and O–H groups in total. The number of aryl methyl sites for hydroxylation is 1. The van der Waals surface area contributed by atoms with Crippen LogP contribution >= 0.6 is 0 Å². The average Bonchev–Trinajstić information content (AvgIpc) is 3.05. The van der Waals surface area contributed by atoms with Gasteiger partial charge in [-0.3, -0.25) is 4.79 Å². The number of halogens is 2. The Hall–Kier alpha value is -2.37. The maximum Gasteiger partial charge on any atom is 0.341 e. The standard InChI is InChI=1S/C21H24F2N2O5S2/c1-15-6-9-17(14-19(15)32(29,30)25-12-4-2-3-5-13-25)24-20(26)16-7-10-18(11-8-16)31(27,28)21(22)23/h6-11,14,21H,2-5,12-13H2,1H3,(H,24,26). The Morgan fingerprint density at radius 3 is 2.09 bits per heavy atom. The number of amides is 1. The quantitative estimate of drug-likeness (QED) is 0.669. The molecule has 174 valence electrons. The van der Waals surface area contributed by atoms with Gasteiger partial charge in [0.1, 0.15) is 0 Å². The number of benzene rings is 2. The molecule has 1 saturated heterocycles. The van der Waals surface area contributed by atoms with Crippen molar-refractivity contribution in [2.24, 2.45) is 0 Å². The number of carbonyl (C=O) groups excluding carboxylic acids is 1. The second kappa shape index (κ2) is 9.63. The number of anilines is 1. The first-order valence-corrected chi connectivity index (χ1v) is 13.1. The van der Waals surface area contributed by atoms with Crippen molar-refractivity contribution in [2.75, 3.05) is 18.4 Å². The Balaban J connectivity index is 1.82. The summed E-state index contributed by atoms with van der Waals surface area (Å²) in [5, 5.41) is 2.57. The zero-order valence-corrected chi connectivity index (χ0v) is 19.1. The van der Waals surface area contributed by atoms with Crippen molar-refractivity contribution in [3.8, 4) is 0 Å². The van der Waals surface area contributed by atoms with Crippen LogP contribution in [0.4, 0.5) is 14.5 Å². The summed E-state index contributed by atoms with van der Waals surface area (Å²) >= 11 is 0. The lowest BCUT2D eigenvalue weighted by Gasteiger charge is -2.21. The van der Waals surface area contributed by atoms with Crippen LogP contribution < -0.4 is 5.32 Å².